The zero-order valence-electron chi connectivity index (χ0n) is 17.7. The van der Waals surface area contributed by atoms with Crippen molar-refractivity contribution in [3.05, 3.63) is 64.2 Å². The third-order valence-corrected chi connectivity index (χ3v) is 7.80. The zero-order valence-corrected chi connectivity index (χ0v) is 18.5. The summed E-state index contributed by atoms with van der Waals surface area (Å²) in [7, 11) is -3.59. The van der Waals surface area contributed by atoms with Crippen molar-refractivity contribution >= 4 is 15.9 Å². The monoisotopic (exact) mass is 414 g/mol. The summed E-state index contributed by atoms with van der Waals surface area (Å²) in [6, 6.07) is 10.9. The first kappa shape index (κ1) is 21.5. The third-order valence-electron chi connectivity index (χ3n) is 5.76. The van der Waals surface area contributed by atoms with E-state index in [1.807, 2.05) is 26.0 Å². The molecule has 0 aromatic heterocycles. The summed E-state index contributed by atoms with van der Waals surface area (Å²) in [6.07, 6.45) is 2.82. The van der Waals surface area contributed by atoms with Gasteiger partial charge in [-0.2, -0.15) is 4.31 Å². The van der Waals surface area contributed by atoms with Crippen LogP contribution in [0.3, 0.4) is 0 Å². The maximum atomic E-state index is 13.1. The van der Waals surface area contributed by atoms with Crippen molar-refractivity contribution in [2.45, 2.75) is 57.9 Å². The Hall–Kier alpha value is -2.18. The van der Waals surface area contributed by atoms with Crippen LogP contribution >= 0.6 is 0 Å². The van der Waals surface area contributed by atoms with Gasteiger partial charge in [-0.15, -0.1) is 0 Å². The number of rotatable bonds is 5. The Bertz CT molecular complexity index is 1010. The van der Waals surface area contributed by atoms with E-state index in [2.05, 4.69) is 18.3 Å². The van der Waals surface area contributed by atoms with E-state index in [1.54, 1.807) is 19.1 Å². The smallest absolute Gasteiger partial charge is 0.251 e. The summed E-state index contributed by atoms with van der Waals surface area (Å²) in [5.41, 5.74) is 4.43. The Labute approximate surface area is 174 Å². The van der Waals surface area contributed by atoms with E-state index < -0.39 is 10.0 Å². The lowest BCUT2D eigenvalue weighted by Gasteiger charge is -2.26. The van der Waals surface area contributed by atoms with Crippen LogP contribution in [0.2, 0.25) is 0 Å². The van der Waals surface area contributed by atoms with E-state index in [4.69, 9.17) is 0 Å². The van der Waals surface area contributed by atoms with Gasteiger partial charge in [-0.1, -0.05) is 30.7 Å². The highest BCUT2D eigenvalue weighted by molar-refractivity contribution is 7.89. The summed E-state index contributed by atoms with van der Waals surface area (Å²) in [4.78, 5) is 13.1. The molecule has 1 atom stereocenters. The molecule has 0 bridgehead atoms. The molecule has 156 valence electrons. The average Bonchev–Trinajstić information content (AvgIpc) is 2.70. The molecule has 1 heterocycles. The second-order valence-electron chi connectivity index (χ2n) is 7.98. The van der Waals surface area contributed by atoms with Gasteiger partial charge in [0.15, 0.2) is 0 Å². The number of nitrogens with zero attached hydrogens (tertiary/aromatic N) is 1. The van der Waals surface area contributed by atoms with E-state index in [9.17, 15) is 13.2 Å². The van der Waals surface area contributed by atoms with Gasteiger partial charge in [0.2, 0.25) is 10.0 Å². The molecule has 0 aliphatic carbocycles. The normalized spacial score (nSPS) is 16.4. The number of carbonyl (C=O) groups is 1. The fourth-order valence-corrected chi connectivity index (χ4v) is 5.43. The molecule has 0 unspecified atom stereocenters. The fourth-order valence-electron chi connectivity index (χ4n) is 3.66. The molecule has 1 fully saturated rings. The average molecular weight is 415 g/mol. The topological polar surface area (TPSA) is 66.5 Å². The molecule has 0 radical (unpaired) electrons. The van der Waals surface area contributed by atoms with Crippen molar-refractivity contribution < 1.29 is 13.2 Å². The molecule has 0 saturated carbocycles. The molecule has 5 nitrogen and oxygen atoms in total. The summed E-state index contributed by atoms with van der Waals surface area (Å²) < 4.78 is 27.7. The minimum Gasteiger partial charge on any atom is -0.346 e. The van der Waals surface area contributed by atoms with E-state index in [0.717, 1.165) is 24.8 Å². The molecule has 3 rings (SSSR count). The molecular formula is C23H30N2O3S. The van der Waals surface area contributed by atoms with Gasteiger partial charge in [-0.3, -0.25) is 4.79 Å². The number of benzene rings is 2. The van der Waals surface area contributed by atoms with Crippen LogP contribution in [0.1, 0.15) is 64.8 Å². The second-order valence-corrected chi connectivity index (χ2v) is 9.89. The molecule has 1 N–H and O–H groups in total. The first-order chi connectivity index (χ1) is 13.7. The van der Waals surface area contributed by atoms with Crippen LogP contribution in [0.15, 0.2) is 41.3 Å². The molecule has 1 aliphatic heterocycles. The largest absolute Gasteiger partial charge is 0.346 e. The molecule has 29 heavy (non-hydrogen) atoms. The van der Waals surface area contributed by atoms with Gasteiger partial charge in [0, 0.05) is 18.7 Å². The highest BCUT2D eigenvalue weighted by Gasteiger charge is 2.28. The van der Waals surface area contributed by atoms with Gasteiger partial charge < -0.3 is 5.32 Å². The predicted molar refractivity (Wildman–Crippen MR) is 116 cm³/mol. The standard InChI is InChI=1S/C23H30N2O3S/c1-16-8-10-20(14-18(16)3)19(4)24-23(26)21-11-9-17(2)22(15-21)29(27,28)25-12-6-5-7-13-25/h8-11,14-15,19H,5-7,12-13H2,1-4H3,(H,24,26)/t19-/m1/s1. The van der Waals surface area contributed by atoms with Gasteiger partial charge in [0.1, 0.15) is 0 Å². The highest BCUT2D eigenvalue weighted by atomic mass is 32.2. The van der Waals surface area contributed by atoms with Crippen molar-refractivity contribution in [3.8, 4) is 0 Å². The Morgan fingerprint density at radius 2 is 1.59 bits per heavy atom. The number of hydrogen-bond donors (Lipinski definition) is 1. The second kappa shape index (κ2) is 8.67. The third kappa shape index (κ3) is 4.70. The van der Waals surface area contributed by atoms with Gasteiger partial charge in [-0.05, 0) is 74.9 Å². The first-order valence-corrected chi connectivity index (χ1v) is 11.6. The molecule has 6 heteroatoms. The maximum absolute atomic E-state index is 13.1. The summed E-state index contributed by atoms with van der Waals surface area (Å²) in [5, 5.41) is 2.99. The van der Waals surface area contributed by atoms with Gasteiger partial charge in [0.05, 0.1) is 10.9 Å². The molecule has 2 aromatic rings. The van der Waals surface area contributed by atoms with Crippen LogP contribution in [-0.4, -0.2) is 31.7 Å². The van der Waals surface area contributed by atoms with Crippen LogP contribution in [0.5, 0.6) is 0 Å². The highest BCUT2D eigenvalue weighted by Crippen LogP contribution is 2.25. The molecule has 2 aromatic carbocycles. The fraction of sp³-hybridized carbons (Fsp3) is 0.435. The van der Waals surface area contributed by atoms with Crippen LogP contribution in [-0.2, 0) is 10.0 Å². The number of sulfonamides is 1. The lowest BCUT2D eigenvalue weighted by atomic mass is 10.0. The predicted octanol–water partition coefficient (Wildman–Crippen LogP) is 4.28. The number of aryl methyl sites for hydroxylation is 3. The van der Waals surface area contributed by atoms with E-state index in [-0.39, 0.29) is 16.8 Å². The molecule has 1 aliphatic rings. The number of nitrogens with one attached hydrogen (secondary N) is 1. The lowest BCUT2D eigenvalue weighted by molar-refractivity contribution is 0.0939. The minimum absolute atomic E-state index is 0.176. The van der Waals surface area contributed by atoms with Crippen LogP contribution in [0, 0.1) is 20.8 Å². The van der Waals surface area contributed by atoms with Gasteiger partial charge in [0.25, 0.3) is 5.91 Å². The van der Waals surface area contributed by atoms with Crippen molar-refractivity contribution in [3.63, 3.8) is 0 Å². The Kier molecular flexibility index (Phi) is 6.44. The molecule has 1 saturated heterocycles. The van der Waals surface area contributed by atoms with Crippen molar-refractivity contribution in [2.75, 3.05) is 13.1 Å². The Morgan fingerprint density at radius 1 is 0.931 bits per heavy atom. The SMILES string of the molecule is Cc1ccc([C@@H](C)NC(=O)c2ccc(C)c(S(=O)(=O)N3CCCCC3)c2)cc1C. The first-order valence-electron chi connectivity index (χ1n) is 10.2. The Balaban J connectivity index is 1.82. The van der Waals surface area contributed by atoms with Gasteiger partial charge in [-0.25, -0.2) is 8.42 Å². The minimum atomic E-state index is -3.59. The Morgan fingerprint density at radius 3 is 2.24 bits per heavy atom. The zero-order chi connectivity index (χ0) is 21.2. The number of hydrogen-bond acceptors (Lipinski definition) is 3. The van der Waals surface area contributed by atoms with Crippen LogP contribution in [0.4, 0.5) is 0 Å². The van der Waals surface area contributed by atoms with Crippen LogP contribution < -0.4 is 5.32 Å². The van der Waals surface area contributed by atoms with E-state index in [0.29, 0.717) is 24.2 Å². The van der Waals surface area contributed by atoms with E-state index in [1.165, 1.54) is 21.5 Å². The van der Waals surface area contributed by atoms with E-state index >= 15 is 0 Å². The number of amides is 1. The lowest BCUT2D eigenvalue weighted by Crippen LogP contribution is -2.36. The molecular weight excluding hydrogens is 384 g/mol. The quantitative estimate of drug-likeness (QED) is 0.794. The maximum Gasteiger partial charge on any atom is 0.251 e. The van der Waals surface area contributed by atoms with Crippen molar-refractivity contribution in [1.82, 2.24) is 9.62 Å². The molecule has 0 spiro atoms. The number of carbonyl (C=O) groups excluding carboxylic acids is 1. The van der Waals surface area contributed by atoms with Crippen LogP contribution in [0.25, 0.3) is 0 Å². The summed E-state index contributed by atoms with van der Waals surface area (Å²) >= 11 is 0. The van der Waals surface area contributed by atoms with Crippen molar-refractivity contribution in [1.29, 1.82) is 0 Å². The summed E-state index contributed by atoms with van der Waals surface area (Å²) in [6.45, 7) is 8.89. The number of piperidine rings is 1. The summed E-state index contributed by atoms with van der Waals surface area (Å²) in [5.74, 6) is -0.272. The van der Waals surface area contributed by atoms with Crippen molar-refractivity contribution in [2.24, 2.45) is 0 Å². The van der Waals surface area contributed by atoms with Gasteiger partial charge >= 0.3 is 0 Å². The molecule has 1 amide bonds.